The standard InChI is InChI=1S/C15H19F2NO2S/c1-10(19)12-3-2-8-18(9-12)14(20)11-4-6-13(7-5-11)21-15(16)17/h4-7,10,12,15,19H,2-3,8-9H2,1H3. The molecule has 6 heteroatoms. The van der Waals surface area contributed by atoms with E-state index in [-0.39, 0.29) is 11.8 Å². The molecule has 1 fully saturated rings. The zero-order valence-corrected chi connectivity index (χ0v) is 12.7. The van der Waals surface area contributed by atoms with Crippen LogP contribution < -0.4 is 0 Å². The van der Waals surface area contributed by atoms with Gasteiger partial charge in [0.25, 0.3) is 11.7 Å². The van der Waals surface area contributed by atoms with Crippen molar-refractivity contribution in [3.05, 3.63) is 29.8 Å². The number of rotatable bonds is 4. The maximum atomic E-state index is 12.4. The molecule has 2 rings (SSSR count). The van der Waals surface area contributed by atoms with Gasteiger partial charge in [-0.05, 0) is 44.0 Å². The van der Waals surface area contributed by atoms with Crippen molar-refractivity contribution in [2.45, 2.75) is 36.5 Å². The van der Waals surface area contributed by atoms with Gasteiger partial charge in [0.05, 0.1) is 6.10 Å². The quantitative estimate of drug-likeness (QED) is 0.867. The van der Waals surface area contributed by atoms with Gasteiger partial charge in [-0.15, -0.1) is 0 Å². The first-order valence-corrected chi connectivity index (χ1v) is 7.87. The highest BCUT2D eigenvalue weighted by atomic mass is 32.2. The summed E-state index contributed by atoms with van der Waals surface area (Å²) in [5, 5.41) is 9.66. The van der Waals surface area contributed by atoms with Crippen molar-refractivity contribution in [2.75, 3.05) is 13.1 Å². The number of nitrogens with zero attached hydrogens (tertiary/aromatic N) is 1. The van der Waals surface area contributed by atoms with Crippen LogP contribution in [-0.4, -0.2) is 40.9 Å². The summed E-state index contributed by atoms with van der Waals surface area (Å²) in [6, 6.07) is 6.25. The van der Waals surface area contributed by atoms with Crippen LogP contribution in [0.25, 0.3) is 0 Å². The molecule has 1 aromatic rings. The SMILES string of the molecule is CC(O)C1CCCN(C(=O)c2ccc(SC(F)F)cc2)C1. The van der Waals surface area contributed by atoms with Crippen molar-refractivity contribution in [3.8, 4) is 0 Å². The van der Waals surface area contributed by atoms with Crippen LogP contribution in [-0.2, 0) is 0 Å². The number of alkyl halides is 2. The summed E-state index contributed by atoms with van der Waals surface area (Å²) in [6.07, 6.45) is 1.37. The molecule has 21 heavy (non-hydrogen) atoms. The molecule has 1 amide bonds. The first kappa shape index (κ1) is 16.2. The fraction of sp³-hybridized carbons (Fsp3) is 0.533. The molecule has 0 spiro atoms. The van der Waals surface area contributed by atoms with E-state index in [0.717, 1.165) is 12.8 Å². The predicted molar refractivity (Wildman–Crippen MR) is 78.6 cm³/mol. The Morgan fingerprint density at radius 3 is 2.62 bits per heavy atom. The average molecular weight is 315 g/mol. The van der Waals surface area contributed by atoms with Gasteiger partial charge in [-0.25, -0.2) is 0 Å². The number of aliphatic hydroxyl groups is 1. The normalized spacial score (nSPS) is 20.6. The Bertz CT molecular complexity index is 479. The highest BCUT2D eigenvalue weighted by Gasteiger charge is 2.27. The molecular weight excluding hydrogens is 296 g/mol. The molecule has 1 saturated heterocycles. The molecule has 0 aromatic heterocycles. The third kappa shape index (κ3) is 4.41. The summed E-state index contributed by atoms with van der Waals surface area (Å²) in [7, 11) is 0. The van der Waals surface area contributed by atoms with Crippen LogP contribution in [0, 0.1) is 5.92 Å². The van der Waals surface area contributed by atoms with Crippen LogP contribution in [0.5, 0.6) is 0 Å². The zero-order chi connectivity index (χ0) is 15.4. The highest BCUT2D eigenvalue weighted by Crippen LogP contribution is 2.26. The Morgan fingerprint density at radius 2 is 2.05 bits per heavy atom. The molecule has 1 aromatic carbocycles. The lowest BCUT2D eigenvalue weighted by atomic mass is 9.93. The summed E-state index contributed by atoms with van der Waals surface area (Å²) >= 11 is 0.467. The van der Waals surface area contributed by atoms with Crippen LogP contribution in [0.4, 0.5) is 8.78 Å². The molecule has 0 aliphatic carbocycles. The minimum Gasteiger partial charge on any atom is -0.393 e. The fourth-order valence-corrected chi connectivity index (χ4v) is 3.05. The molecule has 2 unspecified atom stereocenters. The summed E-state index contributed by atoms with van der Waals surface area (Å²) in [5.74, 6) is -2.45. The van der Waals surface area contributed by atoms with E-state index in [2.05, 4.69) is 0 Å². The number of aliphatic hydroxyl groups excluding tert-OH is 1. The second kappa shape index (κ2) is 7.22. The van der Waals surface area contributed by atoms with E-state index in [1.54, 1.807) is 36.1 Å². The maximum absolute atomic E-state index is 12.4. The van der Waals surface area contributed by atoms with Crippen molar-refractivity contribution in [2.24, 2.45) is 5.92 Å². The zero-order valence-electron chi connectivity index (χ0n) is 11.8. The van der Waals surface area contributed by atoms with Gasteiger partial charge in [0.2, 0.25) is 0 Å². The van der Waals surface area contributed by atoms with Crippen molar-refractivity contribution in [3.63, 3.8) is 0 Å². The molecular formula is C15H19F2NO2S. The topological polar surface area (TPSA) is 40.5 Å². The van der Waals surface area contributed by atoms with Crippen LogP contribution in [0.15, 0.2) is 29.2 Å². The number of thioether (sulfide) groups is 1. The Hall–Kier alpha value is -1.14. The van der Waals surface area contributed by atoms with Crippen molar-refractivity contribution < 1.29 is 18.7 Å². The van der Waals surface area contributed by atoms with E-state index in [0.29, 0.717) is 35.3 Å². The molecule has 0 saturated carbocycles. The second-order valence-corrected chi connectivity index (χ2v) is 6.36. The molecule has 0 radical (unpaired) electrons. The van der Waals surface area contributed by atoms with Gasteiger partial charge in [0.1, 0.15) is 0 Å². The maximum Gasteiger partial charge on any atom is 0.288 e. The van der Waals surface area contributed by atoms with E-state index < -0.39 is 11.9 Å². The van der Waals surface area contributed by atoms with Crippen molar-refractivity contribution in [1.29, 1.82) is 0 Å². The number of likely N-dealkylation sites (tertiary alicyclic amines) is 1. The van der Waals surface area contributed by atoms with Gasteiger partial charge in [0.15, 0.2) is 0 Å². The molecule has 1 aliphatic heterocycles. The molecule has 116 valence electrons. The summed E-state index contributed by atoms with van der Waals surface area (Å²) < 4.78 is 24.5. The minimum absolute atomic E-state index is 0.103. The van der Waals surface area contributed by atoms with Gasteiger partial charge in [0, 0.05) is 29.5 Å². The lowest BCUT2D eigenvalue weighted by molar-refractivity contribution is 0.0466. The average Bonchev–Trinajstić information content (AvgIpc) is 2.47. The molecule has 3 nitrogen and oxygen atoms in total. The molecule has 1 aliphatic rings. The number of carbonyl (C=O) groups excluding carboxylic acids is 1. The first-order valence-electron chi connectivity index (χ1n) is 6.99. The summed E-state index contributed by atoms with van der Waals surface area (Å²) in [6.45, 7) is 2.97. The van der Waals surface area contributed by atoms with Gasteiger partial charge in [-0.1, -0.05) is 11.8 Å². The lowest BCUT2D eigenvalue weighted by Crippen LogP contribution is -2.42. The number of hydrogen-bond acceptors (Lipinski definition) is 3. The summed E-state index contributed by atoms with van der Waals surface area (Å²) in [5.41, 5.74) is 0.500. The number of hydrogen-bond donors (Lipinski definition) is 1. The molecule has 0 bridgehead atoms. The van der Waals surface area contributed by atoms with E-state index in [4.69, 9.17) is 0 Å². The van der Waals surface area contributed by atoms with Gasteiger partial charge in [-0.3, -0.25) is 4.79 Å². The third-order valence-electron chi connectivity index (χ3n) is 3.75. The molecule has 1 heterocycles. The smallest absolute Gasteiger partial charge is 0.288 e. The Labute approximate surface area is 127 Å². The Kier molecular flexibility index (Phi) is 5.58. The second-order valence-electron chi connectivity index (χ2n) is 5.30. The van der Waals surface area contributed by atoms with Crippen LogP contribution in [0.3, 0.4) is 0 Å². The fourth-order valence-electron chi connectivity index (χ4n) is 2.55. The van der Waals surface area contributed by atoms with E-state index in [9.17, 15) is 18.7 Å². The molecule has 1 N–H and O–H groups in total. The van der Waals surface area contributed by atoms with Crippen molar-refractivity contribution in [1.82, 2.24) is 4.90 Å². The molecule has 2 atom stereocenters. The number of carbonyl (C=O) groups is 1. The number of piperidine rings is 1. The van der Waals surface area contributed by atoms with E-state index >= 15 is 0 Å². The minimum atomic E-state index is -2.46. The number of halogens is 2. The third-order valence-corrected chi connectivity index (χ3v) is 4.48. The lowest BCUT2D eigenvalue weighted by Gasteiger charge is -2.34. The van der Waals surface area contributed by atoms with E-state index in [1.807, 2.05) is 0 Å². The van der Waals surface area contributed by atoms with Crippen LogP contribution in [0.2, 0.25) is 0 Å². The van der Waals surface area contributed by atoms with Crippen molar-refractivity contribution >= 4 is 17.7 Å². The predicted octanol–water partition coefficient (Wildman–Crippen LogP) is 3.23. The van der Waals surface area contributed by atoms with Gasteiger partial charge in [-0.2, -0.15) is 8.78 Å². The number of amides is 1. The Morgan fingerprint density at radius 1 is 1.38 bits per heavy atom. The largest absolute Gasteiger partial charge is 0.393 e. The first-order chi connectivity index (χ1) is 9.97. The van der Waals surface area contributed by atoms with Gasteiger partial charge >= 0.3 is 0 Å². The highest BCUT2D eigenvalue weighted by molar-refractivity contribution is 7.99. The number of benzene rings is 1. The Balaban J connectivity index is 2.02. The van der Waals surface area contributed by atoms with Crippen LogP contribution in [0.1, 0.15) is 30.1 Å². The van der Waals surface area contributed by atoms with Gasteiger partial charge < -0.3 is 10.0 Å². The van der Waals surface area contributed by atoms with Crippen LogP contribution >= 0.6 is 11.8 Å². The monoisotopic (exact) mass is 315 g/mol. The van der Waals surface area contributed by atoms with E-state index in [1.165, 1.54) is 0 Å². The summed E-state index contributed by atoms with van der Waals surface area (Å²) in [4.78, 5) is 14.6.